The molecule has 0 N–H and O–H groups in total. The van der Waals surface area contributed by atoms with Crippen LogP contribution < -0.4 is 4.74 Å². The second-order valence-corrected chi connectivity index (χ2v) is 5.59. The van der Waals surface area contributed by atoms with Gasteiger partial charge in [-0.25, -0.2) is 0 Å². The third-order valence-corrected chi connectivity index (χ3v) is 4.15. The minimum atomic E-state index is -0.196. The molecule has 3 rings (SSSR count). The molecule has 0 fully saturated rings. The van der Waals surface area contributed by atoms with Crippen molar-refractivity contribution in [1.29, 1.82) is 0 Å². The number of benzene rings is 2. The van der Waals surface area contributed by atoms with E-state index in [1.54, 1.807) is 37.6 Å². The number of carbonyl (C=O) groups is 2. The number of nitrogens with zero attached hydrogens (tertiary/aromatic N) is 1. The first kappa shape index (κ1) is 14.5. The predicted molar refractivity (Wildman–Crippen MR) is 87.7 cm³/mol. The summed E-state index contributed by atoms with van der Waals surface area (Å²) in [7, 11) is 1.57. The Labute approximate surface area is 135 Å². The van der Waals surface area contributed by atoms with Gasteiger partial charge in [0.25, 0.3) is 5.91 Å². The zero-order chi connectivity index (χ0) is 15.7. The van der Waals surface area contributed by atoms with Crippen molar-refractivity contribution in [3.8, 4) is 5.75 Å². The van der Waals surface area contributed by atoms with Gasteiger partial charge in [-0.1, -0.05) is 22.0 Å². The second kappa shape index (κ2) is 5.77. The molecular formula is C17H12BrNO3. The van der Waals surface area contributed by atoms with Crippen LogP contribution in [-0.2, 0) is 0 Å². The lowest BCUT2D eigenvalue weighted by Crippen LogP contribution is -2.10. The SMILES string of the molecule is COc1ccc(C(=O)n2cc(C=O)c3c(Br)cccc32)cc1. The molecule has 4 nitrogen and oxygen atoms in total. The van der Waals surface area contributed by atoms with Gasteiger partial charge in [0.05, 0.1) is 12.6 Å². The molecule has 0 amide bonds. The van der Waals surface area contributed by atoms with Crippen LogP contribution in [0.3, 0.4) is 0 Å². The minimum absolute atomic E-state index is 0.196. The molecule has 0 aliphatic carbocycles. The topological polar surface area (TPSA) is 48.3 Å². The molecule has 0 saturated heterocycles. The third-order valence-electron chi connectivity index (χ3n) is 3.49. The van der Waals surface area contributed by atoms with E-state index in [0.717, 1.165) is 16.1 Å². The highest BCUT2D eigenvalue weighted by molar-refractivity contribution is 9.10. The van der Waals surface area contributed by atoms with Crippen molar-refractivity contribution in [3.05, 3.63) is 64.3 Å². The smallest absolute Gasteiger partial charge is 0.262 e. The molecule has 3 aromatic rings. The van der Waals surface area contributed by atoms with Crippen molar-refractivity contribution in [2.24, 2.45) is 0 Å². The lowest BCUT2D eigenvalue weighted by atomic mass is 10.2. The van der Waals surface area contributed by atoms with Crippen molar-refractivity contribution in [2.45, 2.75) is 0 Å². The summed E-state index contributed by atoms with van der Waals surface area (Å²) in [5.41, 5.74) is 1.69. The molecule has 0 saturated carbocycles. The van der Waals surface area contributed by atoms with Gasteiger partial charge < -0.3 is 4.74 Å². The first-order valence-electron chi connectivity index (χ1n) is 6.59. The molecule has 0 radical (unpaired) electrons. The second-order valence-electron chi connectivity index (χ2n) is 4.74. The van der Waals surface area contributed by atoms with E-state index in [-0.39, 0.29) is 5.91 Å². The number of hydrogen-bond acceptors (Lipinski definition) is 3. The van der Waals surface area contributed by atoms with Crippen molar-refractivity contribution < 1.29 is 14.3 Å². The monoisotopic (exact) mass is 357 g/mol. The van der Waals surface area contributed by atoms with E-state index in [1.165, 1.54) is 4.57 Å². The van der Waals surface area contributed by atoms with Crippen LogP contribution in [0.1, 0.15) is 20.7 Å². The zero-order valence-electron chi connectivity index (χ0n) is 11.7. The molecule has 0 atom stereocenters. The van der Waals surface area contributed by atoms with Crippen LogP contribution in [0.5, 0.6) is 5.75 Å². The molecule has 2 aromatic carbocycles. The third kappa shape index (κ3) is 2.33. The van der Waals surface area contributed by atoms with Gasteiger partial charge in [-0.05, 0) is 36.4 Å². The van der Waals surface area contributed by atoms with Crippen molar-refractivity contribution >= 4 is 39.0 Å². The Morgan fingerprint density at radius 2 is 1.91 bits per heavy atom. The number of carbonyl (C=O) groups excluding carboxylic acids is 2. The molecule has 110 valence electrons. The number of hydrogen-bond donors (Lipinski definition) is 0. The summed E-state index contributed by atoms with van der Waals surface area (Å²) in [6.45, 7) is 0. The Morgan fingerprint density at radius 3 is 2.55 bits per heavy atom. The molecule has 0 aliphatic heterocycles. The highest BCUT2D eigenvalue weighted by Crippen LogP contribution is 2.29. The average molecular weight is 358 g/mol. The molecule has 0 bridgehead atoms. The van der Waals surface area contributed by atoms with Gasteiger partial charge in [-0.3, -0.25) is 14.2 Å². The first-order valence-corrected chi connectivity index (χ1v) is 7.38. The molecule has 1 heterocycles. The van der Waals surface area contributed by atoms with E-state index in [4.69, 9.17) is 4.74 Å². The summed E-state index contributed by atoms with van der Waals surface area (Å²) in [5.74, 6) is 0.490. The van der Waals surface area contributed by atoms with E-state index in [9.17, 15) is 9.59 Å². The van der Waals surface area contributed by atoms with Crippen LogP contribution >= 0.6 is 15.9 Å². The molecular weight excluding hydrogens is 346 g/mol. The Bertz CT molecular complexity index is 865. The Balaban J connectivity index is 2.15. The van der Waals surface area contributed by atoms with Crippen LogP contribution in [0.4, 0.5) is 0 Å². The summed E-state index contributed by atoms with van der Waals surface area (Å²) in [4.78, 5) is 24.0. The number of methoxy groups -OCH3 is 1. The lowest BCUT2D eigenvalue weighted by molar-refractivity contribution is 0.0965. The number of fused-ring (bicyclic) bond motifs is 1. The van der Waals surface area contributed by atoms with E-state index < -0.39 is 0 Å². The largest absolute Gasteiger partial charge is 0.497 e. The van der Waals surface area contributed by atoms with Crippen molar-refractivity contribution in [1.82, 2.24) is 4.57 Å². The Morgan fingerprint density at radius 1 is 1.18 bits per heavy atom. The van der Waals surface area contributed by atoms with Crippen LogP contribution in [0.25, 0.3) is 10.9 Å². The Hall–Kier alpha value is -2.40. The van der Waals surface area contributed by atoms with Crippen molar-refractivity contribution in [3.63, 3.8) is 0 Å². The van der Waals surface area contributed by atoms with Gasteiger partial charge in [0.2, 0.25) is 0 Å². The fraction of sp³-hybridized carbons (Fsp3) is 0.0588. The number of halogens is 1. The van der Waals surface area contributed by atoms with Crippen LogP contribution in [-0.4, -0.2) is 23.9 Å². The van der Waals surface area contributed by atoms with Gasteiger partial charge in [0, 0.05) is 27.2 Å². The van der Waals surface area contributed by atoms with Gasteiger partial charge in [0.1, 0.15) is 5.75 Å². The van der Waals surface area contributed by atoms with Gasteiger partial charge >= 0.3 is 0 Å². The molecule has 22 heavy (non-hydrogen) atoms. The number of aromatic nitrogens is 1. The molecule has 0 aliphatic rings. The minimum Gasteiger partial charge on any atom is -0.497 e. The van der Waals surface area contributed by atoms with E-state index >= 15 is 0 Å². The maximum atomic E-state index is 12.7. The van der Waals surface area contributed by atoms with E-state index in [2.05, 4.69) is 15.9 Å². The summed E-state index contributed by atoms with van der Waals surface area (Å²) in [5, 5.41) is 0.736. The molecule has 1 aromatic heterocycles. The summed E-state index contributed by atoms with van der Waals surface area (Å²) in [6.07, 6.45) is 2.32. The number of rotatable bonds is 3. The maximum absolute atomic E-state index is 12.7. The quantitative estimate of drug-likeness (QED) is 0.667. The average Bonchev–Trinajstić information content (AvgIpc) is 2.94. The first-order chi connectivity index (χ1) is 10.7. The standard InChI is InChI=1S/C17H12BrNO3/c1-22-13-7-5-11(6-8-13)17(21)19-9-12(10-20)16-14(18)3-2-4-15(16)19/h2-10H,1H3. The van der Waals surface area contributed by atoms with Gasteiger partial charge in [-0.2, -0.15) is 0 Å². The lowest BCUT2D eigenvalue weighted by Gasteiger charge is -2.05. The fourth-order valence-corrected chi connectivity index (χ4v) is 2.99. The highest BCUT2D eigenvalue weighted by atomic mass is 79.9. The Kier molecular flexibility index (Phi) is 3.81. The van der Waals surface area contributed by atoms with Crippen molar-refractivity contribution in [2.75, 3.05) is 7.11 Å². The fourth-order valence-electron chi connectivity index (χ4n) is 2.40. The van der Waals surface area contributed by atoms with Gasteiger partial charge in [-0.15, -0.1) is 0 Å². The van der Waals surface area contributed by atoms with E-state index in [0.29, 0.717) is 22.4 Å². The van der Waals surface area contributed by atoms with E-state index in [1.807, 2.05) is 18.2 Å². The highest BCUT2D eigenvalue weighted by Gasteiger charge is 2.16. The van der Waals surface area contributed by atoms with Gasteiger partial charge in [0.15, 0.2) is 6.29 Å². The summed E-state index contributed by atoms with van der Waals surface area (Å²) >= 11 is 3.43. The normalized spacial score (nSPS) is 10.6. The van der Waals surface area contributed by atoms with Crippen LogP contribution in [0.15, 0.2) is 53.1 Å². The predicted octanol–water partition coefficient (Wildman–Crippen LogP) is 3.91. The number of aldehydes is 1. The maximum Gasteiger partial charge on any atom is 0.262 e. The number of ether oxygens (including phenoxy) is 1. The van der Waals surface area contributed by atoms with Crippen LogP contribution in [0.2, 0.25) is 0 Å². The molecule has 0 unspecified atom stereocenters. The summed E-state index contributed by atoms with van der Waals surface area (Å²) < 4.78 is 7.37. The molecule has 0 spiro atoms. The molecule has 5 heteroatoms. The van der Waals surface area contributed by atoms with Crippen LogP contribution in [0, 0.1) is 0 Å². The zero-order valence-corrected chi connectivity index (χ0v) is 13.3. The summed E-state index contributed by atoms with van der Waals surface area (Å²) in [6, 6.07) is 12.4.